The molecule has 0 unspecified atom stereocenters. The van der Waals surface area contributed by atoms with E-state index < -0.39 is 10.0 Å². The molecular weight excluding hydrogens is 340 g/mol. The number of nitrogens with zero attached hydrogens (tertiary/aromatic N) is 3. The zero-order valence-electron chi connectivity index (χ0n) is 14.8. The third kappa shape index (κ3) is 5.14. The van der Waals surface area contributed by atoms with E-state index in [2.05, 4.69) is 10.4 Å². The first-order chi connectivity index (χ1) is 11.8. The van der Waals surface area contributed by atoms with Gasteiger partial charge in [0.05, 0.1) is 17.6 Å². The van der Waals surface area contributed by atoms with E-state index in [0.717, 1.165) is 11.3 Å². The van der Waals surface area contributed by atoms with Gasteiger partial charge in [-0.15, -0.1) is 0 Å². The molecule has 136 valence electrons. The molecule has 2 aromatic rings. The molecule has 0 aliphatic rings. The minimum absolute atomic E-state index is 0.0813. The Labute approximate surface area is 148 Å². The average Bonchev–Trinajstić information content (AvgIpc) is 3.04. The highest BCUT2D eigenvalue weighted by atomic mass is 32.2. The normalized spacial score (nSPS) is 11.7. The third-order valence-corrected chi connectivity index (χ3v) is 5.74. The Balaban J connectivity index is 1.83. The fraction of sp³-hybridized carbons (Fsp3) is 0.412. The summed E-state index contributed by atoms with van der Waals surface area (Å²) in [5, 5.41) is 7.03. The number of hydrogen-bond donors (Lipinski definition) is 1. The summed E-state index contributed by atoms with van der Waals surface area (Å²) in [5.41, 5.74) is 2.51. The second-order valence-corrected chi connectivity index (χ2v) is 8.21. The number of carbonyl (C=O) groups is 1. The van der Waals surface area contributed by atoms with Gasteiger partial charge >= 0.3 is 0 Å². The highest BCUT2D eigenvalue weighted by molar-refractivity contribution is 7.89. The summed E-state index contributed by atoms with van der Waals surface area (Å²) in [7, 11) is -1.62. The Morgan fingerprint density at radius 3 is 2.52 bits per heavy atom. The molecule has 0 bridgehead atoms. The van der Waals surface area contributed by atoms with Crippen LogP contribution >= 0.6 is 0 Å². The van der Waals surface area contributed by atoms with E-state index in [1.807, 2.05) is 25.3 Å². The summed E-state index contributed by atoms with van der Waals surface area (Å²) < 4.78 is 26.3. The predicted octanol–water partition coefficient (Wildman–Crippen LogP) is 1.58. The molecule has 0 saturated heterocycles. The Morgan fingerprint density at radius 1 is 1.28 bits per heavy atom. The van der Waals surface area contributed by atoms with Crippen molar-refractivity contribution in [1.82, 2.24) is 19.4 Å². The fourth-order valence-electron chi connectivity index (χ4n) is 2.28. The highest BCUT2D eigenvalue weighted by Gasteiger charge is 2.14. The molecule has 0 saturated carbocycles. The van der Waals surface area contributed by atoms with Crippen LogP contribution in [0.1, 0.15) is 29.3 Å². The van der Waals surface area contributed by atoms with Crippen molar-refractivity contribution in [1.29, 1.82) is 0 Å². The molecule has 0 radical (unpaired) electrons. The fourth-order valence-corrected chi connectivity index (χ4v) is 3.13. The lowest BCUT2D eigenvalue weighted by Crippen LogP contribution is -2.32. The Bertz CT molecular complexity index is 813. The van der Waals surface area contributed by atoms with Gasteiger partial charge in [0.1, 0.15) is 0 Å². The highest BCUT2D eigenvalue weighted by Crippen LogP contribution is 2.10. The largest absolute Gasteiger partial charge is 0.352 e. The van der Waals surface area contributed by atoms with Gasteiger partial charge in [0.15, 0.2) is 0 Å². The van der Waals surface area contributed by atoms with Crippen LogP contribution in [0.4, 0.5) is 0 Å². The number of aromatic nitrogens is 2. The van der Waals surface area contributed by atoms with Gasteiger partial charge in [0.2, 0.25) is 10.0 Å². The van der Waals surface area contributed by atoms with E-state index in [-0.39, 0.29) is 11.7 Å². The van der Waals surface area contributed by atoms with Crippen LogP contribution in [0, 0.1) is 6.92 Å². The van der Waals surface area contributed by atoms with Gasteiger partial charge in [0.25, 0.3) is 5.91 Å². The van der Waals surface area contributed by atoms with Crippen molar-refractivity contribution in [2.75, 3.05) is 25.9 Å². The quantitative estimate of drug-likeness (QED) is 0.721. The Kier molecular flexibility index (Phi) is 6.33. The molecule has 1 aromatic carbocycles. The SMILES string of the molecule is CCS(=O)(=O)N(C)CCCNC(=O)c1ccc(-n2cc(C)cn2)cc1. The molecule has 1 heterocycles. The van der Waals surface area contributed by atoms with Crippen molar-refractivity contribution in [2.45, 2.75) is 20.3 Å². The molecule has 1 N–H and O–H groups in total. The summed E-state index contributed by atoms with van der Waals surface area (Å²) in [4.78, 5) is 12.1. The van der Waals surface area contributed by atoms with Crippen molar-refractivity contribution >= 4 is 15.9 Å². The number of hydrogen-bond acceptors (Lipinski definition) is 4. The average molecular weight is 364 g/mol. The second kappa shape index (κ2) is 8.26. The number of carbonyl (C=O) groups excluding carboxylic acids is 1. The first-order valence-corrected chi connectivity index (χ1v) is 9.78. The van der Waals surface area contributed by atoms with Crippen LogP contribution in [0.25, 0.3) is 5.69 Å². The lowest BCUT2D eigenvalue weighted by atomic mass is 10.2. The lowest BCUT2D eigenvalue weighted by Gasteiger charge is -2.15. The summed E-state index contributed by atoms with van der Waals surface area (Å²) in [5.74, 6) is -0.0953. The first-order valence-electron chi connectivity index (χ1n) is 8.17. The van der Waals surface area contributed by atoms with Crippen LogP contribution in [0.5, 0.6) is 0 Å². The Hall–Kier alpha value is -2.19. The van der Waals surface area contributed by atoms with E-state index in [9.17, 15) is 13.2 Å². The summed E-state index contributed by atoms with van der Waals surface area (Å²) in [6.07, 6.45) is 4.25. The molecule has 0 aliphatic carbocycles. The van der Waals surface area contributed by atoms with Gasteiger partial charge in [0, 0.05) is 31.9 Å². The van der Waals surface area contributed by atoms with Crippen LogP contribution in [0.15, 0.2) is 36.7 Å². The molecule has 0 atom stereocenters. The predicted molar refractivity (Wildman–Crippen MR) is 97.3 cm³/mol. The van der Waals surface area contributed by atoms with Crippen LogP contribution < -0.4 is 5.32 Å². The van der Waals surface area contributed by atoms with Crippen molar-refractivity contribution in [3.63, 3.8) is 0 Å². The first kappa shape index (κ1) is 19.1. The smallest absolute Gasteiger partial charge is 0.251 e. The number of benzene rings is 1. The van der Waals surface area contributed by atoms with Crippen molar-refractivity contribution in [3.05, 3.63) is 47.8 Å². The molecule has 8 heteroatoms. The zero-order valence-corrected chi connectivity index (χ0v) is 15.6. The minimum Gasteiger partial charge on any atom is -0.352 e. The van der Waals surface area contributed by atoms with Crippen LogP contribution in [-0.4, -0.2) is 54.3 Å². The van der Waals surface area contributed by atoms with Gasteiger partial charge in [-0.05, 0) is 50.1 Å². The summed E-state index contributed by atoms with van der Waals surface area (Å²) >= 11 is 0. The molecule has 0 aliphatic heterocycles. The molecular formula is C17H24N4O3S. The van der Waals surface area contributed by atoms with Crippen LogP contribution in [0.3, 0.4) is 0 Å². The van der Waals surface area contributed by atoms with E-state index in [1.165, 1.54) is 4.31 Å². The van der Waals surface area contributed by atoms with Gasteiger partial charge < -0.3 is 5.32 Å². The summed E-state index contributed by atoms with van der Waals surface area (Å²) in [6.45, 7) is 4.38. The number of aryl methyl sites for hydroxylation is 1. The minimum atomic E-state index is -3.17. The molecule has 1 aromatic heterocycles. The lowest BCUT2D eigenvalue weighted by molar-refractivity contribution is 0.0953. The molecule has 7 nitrogen and oxygen atoms in total. The second-order valence-electron chi connectivity index (χ2n) is 5.84. The Morgan fingerprint density at radius 2 is 1.96 bits per heavy atom. The molecule has 25 heavy (non-hydrogen) atoms. The maximum absolute atomic E-state index is 12.1. The van der Waals surface area contributed by atoms with E-state index in [1.54, 1.807) is 37.0 Å². The molecule has 2 rings (SSSR count). The molecule has 1 amide bonds. The van der Waals surface area contributed by atoms with Gasteiger partial charge in [-0.1, -0.05) is 0 Å². The monoisotopic (exact) mass is 364 g/mol. The van der Waals surface area contributed by atoms with E-state index >= 15 is 0 Å². The van der Waals surface area contributed by atoms with Crippen LogP contribution in [0.2, 0.25) is 0 Å². The molecule has 0 fully saturated rings. The number of sulfonamides is 1. The van der Waals surface area contributed by atoms with Crippen molar-refractivity contribution in [3.8, 4) is 5.69 Å². The number of amides is 1. The van der Waals surface area contributed by atoms with E-state index in [0.29, 0.717) is 25.1 Å². The number of nitrogens with one attached hydrogen (secondary N) is 1. The zero-order chi connectivity index (χ0) is 18.4. The topological polar surface area (TPSA) is 84.3 Å². The maximum atomic E-state index is 12.1. The van der Waals surface area contributed by atoms with Gasteiger partial charge in [-0.2, -0.15) is 5.10 Å². The third-order valence-electron chi connectivity index (χ3n) is 3.88. The van der Waals surface area contributed by atoms with E-state index in [4.69, 9.17) is 0 Å². The van der Waals surface area contributed by atoms with Gasteiger partial charge in [-0.3, -0.25) is 4.79 Å². The number of rotatable bonds is 8. The van der Waals surface area contributed by atoms with Crippen LogP contribution in [-0.2, 0) is 10.0 Å². The standard InChI is InChI=1S/C17H24N4O3S/c1-4-25(23,24)20(3)11-5-10-18-17(22)15-6-8-16(9-7-15)21-13-14(2)12-19-21/h6-9,12-13H,4-5,10-11H2,1-3H3,(H,18,22). The molecule has 0 spiro atoms. The van der Waals surface area contributed by atoms with Crippen molar-refractivity contribution < 1.29 is 13.2 Å². The maximum Gasteiger partial charge on any atom is 0.251 e. The summed E-state index contributed by atoms with van der Waals surface area (Å²) in [6, 6.07) is 7.16. The van der Waals surface area contributed by atoms with Gasteiger partial charge in [-0.25, -0.2) is 17.4 Å². The van der Waals surface area contributed by atoms with Crippen molar-refractivity contribution in [2.24, 2.45) is 0 Å².